The lowest BCUT2D eigenvalue weighted by Gasteiger charge is -2.46. The van der Waals surface area contributed by atoms with Gasteiger partial charge in [-0.3, -0.25) is 4.90 Å². The summed E-state index contributed by atoms with van der Waals surface area (Å²) in [5.74, 6) is -3.26. The number of ether oxygens (including phenoxy) is 2. The van der Waals surface area contributed by atoms with Crippen LogP contribution in [-0.4, -0.2) is 67.1 Å². The lowest BCUT2D eigenvalue weighted by atomic mass is 9.65. The van der Waals surface area contributed by atoms with Crippen LogP contribution in [0.2, 0.25) is 0 Å². The minimum Gasteiger partial charge on any atom is -0.493 e. The van der Waals surface area contributed by atoms with Crippen LogP contribution in [0.1, 0.15) is 45.1 Å². The number of likely N-dealkylation sites (tertiary alicyclic amines) is 1. The number of methoxy groups -OCH3 is 2. The Bertz CT molecular complexity index is 1240. The van der Waals surface area contributed by atoms with Crippen LogP contribution in [0.3, 0.4) is 0 Å². The number of nitrogens with zero attached hydrogens (tertiary/aromatic N) is 1. The first-order valence-corrected chi connectivity index (χ1v) is 13.0. The number of alkyl halides is 3. The molecule has 3 atom stereocenters. The number of aliphatic carboxylic acids is 1. The molecule has 0 aromatic heterocycles. The van der Waals surface area contributed by atoms with E-state index >= 15 is 0 Å². The van der Waals surface area contributed by atoms with Crippen LogP contribution < -0.4 is 20.1 Å². The quantitative estimate of drug-likeness (QED) is 0.375. The van der Waals surface area contributed by atoms with Crippen molar-refractivity contribution in [3.05, 3.63) is 53.6 Å². The molecule has 0 unspecified atom stereocenters. The monoisotopic (exact) mass is 587 g/mol. The van der Waals surface area contributed by atoms with Gasteiger partial charge in [0.05, 0.1) is 14.2 Å². The fourth-order valence-corrected chi connectivity index (χ4v) is 5.74. The van der Waals surface area contributed by atoms with Gasteiger partial charge in [0, 0.05) is 35.3 Å². The summed E-state index contributed by atoms with van der Waals surface area (Å²) in [5, 5.41) is 12.8. The van der Waals surface area contributed by atoms with Gasteiger partial charge in [-0.05, 0) is 75.9 Å². The Morgan fingerprint density at radius 2 is 1.68 bits per heavy atom. The third kappa shape index (κ3) is 7.38. The second-order valence-corrected chi connectivity index (χ2v) is 10.3. The molecule has 0 spiro atoms. The van der Waals surface area contributed by atoms with Gasteiger partial charge in [0.1, 0.15) is 0 Å². The number of fused-ring (bicyclic) bond motifs is 1. The van der Waals surface area contributed by atoms with Crippen molar-refractivity contribution >= 4 is 17.7 Å². The molecule has 2 aliphatic rings. The van der Waals surface area contributed by atoms with E-state index in [1.54, 1.807) is 14.2 Å². The average molecular weight is 588 g/mol. The molecule has 3 N–H and O–H groups in total. The second kappa shape index (κ2) is 12.9. The Labute approximate surface area is 234 Å². The highest BCUT2D eigenvalue weighted by Crippen LogP contribution is 2.50. The number of carbonyl (C=O) groups excluding carboxylic acids is 1. The third-order valence-corrected chi connectivity index (χ3v) is 7.68. The highest BCUT2D eigenvalue weighted by Gasteiger charge is 2.52. The molecule has 1 saturated carbocycles. The summed E-state index contributed by atoms with van der Waals surface area (Å²) < 4.78 is 69.4. The van der Waals surface area contributed by atoms with Crippen molar-refractivity contribution in [1.29, 1.82) is 0 Å². The molecule has 13 heteroatoms. The van der Waals surface area contributed by atoms with Gasteiger partial charge in [-0.2, -0.15) is 13.2 Å². The molecule has 0 bridgehead atoms. The number of carboxylic acids is 1. The predicted octanol–water partition coefficient (Wildman–Crippen LogP) is 5.71. The molecule has 41 heavy (non-hydrogen) atoms. The number of hydrogen-bond acceptors (Lipinski definition) is 5. The smallest absolute Gasteiger partial charge is 0.490 e. The van der Waals surface area contributed by atoms with E-state index < -0.39 is 29.8 Å². The number of urea groups is 1. The minimum absolute atomic E-state index is 0.0251. The summed E-state index contributed by atoms with van der Waals surface area (Å²) in [5.41, 5.74) is 1.43. The van der Waals surface area contributed by atoms with Crippen LogP contribution in [0, 0.1) is 11.6 Å². The number of halogens is 5. The standard InChI is InChI=1S/C26H33F2N3O3.C2HF3O2/c1-16(2)31-12-11-26(17-5-8-22(33-3)23(13-17)34-4)10-9-19(15-24(26)31)30-25(32)29-18-6-7-20(27)21(28)14-18;3-2(4,5)1(6)7/h5-8,13-14,16,19,24H,9-12,15H2,1-4H3,(H2,29,30,32);(H,6,7)/t19-,24+,26+;/m1./s1. The number of nitrogens with one attached hydrogen (secondary N) is 2. The summed E-state index contributed by atoms with van der Waals surface area (Å²) in [6.45, 7) is 5.40. The van der Waals surface area contributed by atoms with E-state index in [9.17, 15) is 26.7 Å². The van der Waals surface area contributed by atoms with Crippen molar-refractivity contribution in [2.45, 2.75) is 69.2 Å². The van der Waals surface area contributed by atoms with E-state index in [1.165, 1.54) is 11.6 Å². The number of anilines is 1. The van der Waals surface area contributed by atoms with Crippen molar-refractivity contribution in [3.8, 4) is 11.5 Å². The zero-order valence-electron chi connectivity index (χ0n) is 23.1. The van der Waals surface area contributed by atoms with E-state index in [-0.39, 0.29) is 23.2 Å². The molecule has 8 nitrogen and oxygen atoms in total. The summed E-state index contributed by atoms with van der Waals surface area (Å²) in [6.07, 6.45) is -1.49. The second-order valence-electron chi connectivity index (χ2n) is 10.3. The van der Waals surface area contributed by atoms with Crippen molar-refractivity contribution in [3.63, 3.8) is 0 Å². The van der Waals surface area contributed by atoms with E-state index in [0.717, 1.165) is 50.1 Å². The molecule has 1 heterocycles. The summed E-state index contributed by atoms with van der Waals surface area (Å²) in [6, 6.07) is 9.73. The Morgan fingerprint density at radius 1 is 1.02 bits per heavy atom. The number of benzene rings is 2. The number of rotatable bonds is 6. The van der Waals surface area contributed by atoms with Gasteiger partial charge in [-0.15, -0.1) is 0 Å². The Kier molecular flexibility index (Phi) is 10.1. The van der Waals surface area contributed by atoms with Crippen LogP contribution in [0.4, 0.5) is 32.4 Å². The first kappa shape index (κ1) is 31.9. The fourth-order valence-electron chi connectivity index (χ4n) is 5.74. The molecule has 1 aliphatic carbocycles. The molecule has 2 aromatic carbocycles. The van der Waals surface area contributed by atoms with Crippen molar-refractivity contribution in [2.75, 3.05) is 26.1 Å². The maximum Gasteiger partial charge on any atom is 0.490 e. The zero-order chi connectivity index (χ0) is 30.5. The number of hydrogen-bond donors (Lipinski definition) is 3. The Balaban J connectivity index is 0.000000587. The molecule has 2 aromatic rings. The molecule has 2 amide bonds. The zero-order valence-corrected chi connectivity index (χ0v) is 23.1. The van der Waals surface area contributed by atoms with Crippen LogP contribution in [0.15, 0.2) is 36.4 Å². The Hall–Kier alpha value is -3.61. The maximum atomic E-state index is 13.5. The van der Waals surface area contributed by atoms with E-state index in [4.69, 9.17) is 19.4 Å². The molecule has 1 saturated heterocycles. The molecular formula is C28H34F5N3O5. The fraction of sp³-hybridized carbons (Fsp3) is 0.500. The minimum atomic E-state index is -5.08. The van der Waals surface area contributed by atoms with E-state index in [2.05, 4.69) is 41.5 Å². The van der Waals surface area contributed by atoms with E-state index in [1.807, 2.05) is 6.07 Å². The molecule has 2 fully saturated rings. The van der Waals surface area contributed by atoms with Gasteiger partial charge in [0.15, 0.2) is 23.1 Å². The molecule has 1 aliphatic heterocycles. The van der Waals surface area contributed by atoms with Crippen LogP contribution in [0.25, 0.3) is 0 Å². The average Bonchev–Trinajstić information content (AvgIpc) is 3.30. The number of carboxylic acid groups (broad SMARTS) is 1. The van der Waals surface area contributed by atoms with Crippen LogP contribution in [0.5, 0.6) is 11.5 Å². The molecule has 0 radical (unpaired) electrons. The summed E-state index contributed by atoms with van der Waals surface area (Å²) >= 11 is 0. The van der Waals surface area contributed by atoms with E-state index in [0.29, 0.717) is 11.8 Å². The lowest BCUT2D eigenvalue weighted by Crippen LogP contribution is -2.54. The topological polar surface area (TPSA) is 100 Å². The van der Waals surface area contributed by atoms with Crippen LogP contribution in [-0.2, 0) is 10.2 Å². The van der Waals surface area contributed by atoms with Crippen molar-refractivity contribution < 1.29 is 46.1 Å². The largest absolute Gasteiger partial charge is 0.493 e. The third-order valence-electron chi connectivity index (χ3n) is 7.68. The van der Waals surface area contributed by atoms with Crippen molar-refractivity contribution in [1.82, 2.24) is 10.2 Å². The molecular weight excluding hydrogens is 553 g/mol. The normalized spacial score (nSPS) is 22.3. The van der Waals surface area contributed by atoms with Gasteiger partial charge < -0.3 is 25.2 Å². The highest BCUT2D eigenvalue weighted by atomic mass is 19.4. The molecule has 4 rings (SSSR count). The first-order valence-electron chi connectivity index (χ1n) is 13.0. The summed E-state index contributed by atoms with van der Waals surface area (Å²) in [4.78, 5) is 24.0. The predicted molar refractivity (Wildman–Crippen MR) is 141 cm³/mol. The highest BCUT2D eigenvalue weighted by molar-refractivity contribution is 5.89. The van der Waals surface area contributed by atoms with Gasteiger partial charge in [-0.25, -0.2) is 18.4 Å². The van der Waals surface area contributed by atoms with Gasteiger partial charge >= 0.3 is 18.2 Å². The van der Waals surface area contributed by atoms with Gasteiger partial charge in [0.25, 0.3) is 0 Å². The van der Waals surface area contributed by atoms with Crippen LogP contribution >= 0.6 is 0 Å². The maximum absolute atomic E-state index is 13.5. The van der Waals surface area contributed by atoms with Gasteiger partial charge in [0.2, 0.25) is 0 Å². The number of amides is 2. The van der Waals surface area contributed by atoms with Crippen molar-refractivity contribution in [2.24, 2.45) is 0 Å². The SMILES string of the molecule is COc1ccc([C@@]23CC[C@@H](NC(=O)Nc4ccc(F)c(F)c4)C[C@@H]2N(C(C)C)CC3)cc1OC.O=C(O)C(F)(F)F. The number of carbonyl (C=O) groups is 2. The Morgan fingerprint density at radius 3 is 2.24 bits per heavy atom. The van der Waals surface area contributed by atoms with Gasteiger partial charge in [-0.1, -0.05) is 6.07 Å². The lowest BCUT2D eigenvalue weighted by molar-refractivity contribution is -0.192. The first-order chi connectivity index (χ1) is 19.2. The molecule has 226 valence electrons. The summed E-state index contributed by atoms with van der Waals surface area (Å²) in [7, 11) is 3.29.